The Hall–Kier alpha value is -7.19. The Kier molecular flexibility index (Phi) is 70.2. The topological polar surface area (TPSA) is 420 Å². The van der Waals surface area contributed by atoms with Gasteiger partial charge in [0.25, 0.3) is 0 Å². The van der Waals surface area contributed by atoms with Gasteiger partial charge in [-0.05, 0) is 329 Å². The number of aldehydes is 1. The zero-order valence-corrected chi connectivity index (χ0v) is 90.1. The standard InChI is InChI=1S/C11H15NO4S.2C10H15NS.C10H12O2S.C9H11NO4S.C9H9NO3S.C9H11NO2S.C9H13NS.C6H6OS.C5H6S.C4H9.CH3F.CH3NO2.B.ClH.2Li.H2O/c1-3-16-11(13)5-9(6-12(14)15)10-4-8(2)7-17-10;2*1-7-6-12-10-8(5-11-2)3-4-9(7)10;1-3-12-10(11)5-4-9-6-8(2)7-13-9;1-6-2-8(15-5-6)7(3-9(11)12)4-10(13)14;1-5-4-14-9-6(3-10(12)13)2-7(11)8(5)9;1-6-5-13-9-7(4-10(11)12)2-3-8(6)9;1-6-5-11-9-7(4-10)2-3-8(6)9;1-5-2-6(3-7)8-4-5;1-5-2-3-6-4-5;1-3-4-2;1-2;1-2(3)4;;;;;/h4,7,9H,3,5-6H2,1-2H3;2*6,8,11H,3-5H2,1-2H3;4-7H,3H2,1-2H3;2,5,7H,3-4H2,1H3,(H,11,12);4,6H,2-3H2,1H3;5,7H,2-4H2,1H3;5,7H,2-4,10H2,1H3;2-4H,1H3;2-4H,1H3;1,3-4H2,2H3;1H3;1H3;;1H;;;1H2/q;;;;;;;;;;-1;;;;;2*+1;/p-1/b;;;5-4+;;;;;;;;;;;;;;/i;;;;;;;;;;;1D;;;;;;. The Labute approximate surface area is 873 Å². The van der Waals surface area contributed by atoms with Gasteiger partial charge in [-0.3, -0.25) is 74.1 Å². The van der Waals surface area contributed by atoms with Crippen LogP contribution in [-0.2, 0) is 49.5 Å². The molecule has 739 valence electrons. The molecule has 0 fully saturated rings. The summed E-state index contributed by atoms with van der Waals surface area (Å²) in [5, 5.41) is 88.6. The molecule has 10 heterocycles. The number of nitrogens with two attached hydrogens (primary N) is 1. The Bertz CT molecular complexity index is 5130. The summed E-state index contributed by atoms with van der Waals surface area (Å²) in [6.45, 7) is 33.0. The molecule has 0 bridgehead atoms. The number of aryl methyl sites for hydroxylation is 10. The van der Waals surface area contributed by atoms with Crippen molar-refractivity contribution in [2.45, 2.75) is 215 Å². The summed E-state index contributed by atoms with van der Waals surface area (Å²) < 4.78 is 25.1. The second-order valence-corrected chi connectivity index (χ2v) is 40.4. The molecule has 27 nitrogen and oxygen atoms in total. The number of rotatable bonds is 25. The summed E-state index contributed by atoms with van der Waals surface area (Å²) in [7, 11) is 3.97. The quantitative estimate of drug-likeness (QED) is 0.00785. The van der Waals surface area contributed by atoms with Gasteiger partial charge >= 0.3 is 55.6 Å². The number of fused-ring (bicyclic) bond motifs is 5. The first-order valence-corrected chi connectivity index (χ1v) is 51.6. The van der Waals surface area contributed by atoms with Crippen LogP contribution in [0.1, 0.15) is 258 Å². The summed E-state index contributed by atoms with van der Waals surface area (Å²) in [6, 6.07) is 9.70. The van der Waals surface area contributed by atoms with Gasteiger partial charge < -0.3 is 43.3 Å². The molecule has 0 saturated heterocycles. The molecule has 7 unspecified atom stereocenters. The fourth-order valence-corrected chi connectivity index (χ4v) is 24.6. The van der Waals surface area contributed by atoms with Crippen molar-refractivity contribution < 1.29 is 112 Å². The van der Waals surface area contributed by atoms with Crippen molar-refractivity contribution in [3.05, 3.63) is 280 Å². The summed E-state index contributed by atoms with van der Waals surface area (Å²) in [5.41, 5.74) is 25.2. The molecule has 10 aromatic rings. The van der Waals surface area contributed by atoms with Crippen LogP contribution in [0.25, 0.3) is 6.08 Å². The van der Waals surface area contributed by atoms with Gasteiger partial charge in [-0.2, -0.15) is 17.8 Å². The van der Waals surface area contributed by atoms with Crippen molar-refractivity contribution in [1.82, 2.24) is 10.6 Å². The number of nitrogens with one attached hydrogen (secondary N) is 2. The molecule has 3 radical (unpaired) electrons. The Morgan fingerprint density at radius 1 is 0.559 bits per heavy atom. The van der Waals surface area contributed by atoms with Crippen molar-refractivity contribution in [1.29, 1.82) is 0 Å². The molecule has 0 aromatic carbocycles. The number of aliphatic carboxylic acids is 1. The molecule has 7 atom stereocenters. The Morgan fingerprint density at radius 2 is 0.926 bits per heavy atom. The van der Waals surface area contributed by atoms with Crippen LogP contribution in [-0.4, -0.2) is 161 Å². The minimum atomic E-state index is -1.01. The minimum absolute atomic E-state index is 0. The van der Waals surface area contributed by atoms with Gasteiger partial charge in [-0.25, -0.2) is 4.79 Å². The molecule has 5 aliphatic rings. The van der Waals surface area contributed by atoms with Gasteiger partial charge in [0.2, 0.25) is 26.2 Å². The fourth-order valence-electron chi connectivity index (χ4n) is 14.3. The number of hydrogen-bond donors (Lipinski definition) is 4. The number of Topliss-reactive ketones (excluding diaryl/α,β-unsaturated/α-hetero) is 1. The normalized spacial score (nSPS) is 14.9. The van der Waals surface area contributed by atoms with Crippen LogP contribution < -0.4 is 54.1 Å². The van der Waals surface area contributed by atoms with Gasteiger partial charge in [0, 0.05) is 121 Å². The van der Waals surface area contributed by atoms with E-state index in [1.165, 1.54) is 140 Å². The third kappa shape index (κ3) is 48.8. The minimum Gasteiger partial charge on any atom is -0.870 e. The maximum Gasteiger partial charge on any atom is 1.00 e. The largest absolute Gasteiger partial charge is 1.00 e. The molecule has 0 spiro atoms. The van der Waals surface area contributed by atoms with Crippen molar-refractivity contribution in [3.8, 4) is 0 Å². The number of halogens is 2. The fraction of sp³-hybridized carbons (Fsp3) is 0.489. The maximum absolute atomic E-state index is 11.5. The van der Waals surface area contributed by atoms with E-state index in [0.29, 0.717) is 25.6 Å². The van der Waals surface area contributed by atoms with Crippen LogP contribution in [0.2, 0.25) is 0 Å². The molecule has 15 rings (SSSR count). The third-order valence-electron chi connectivity index (χ3n) is 20.5. The average Bonchev–Trinajstić information content (AvgIpc) is 1.63. The van der Waals surface area contributed by atoms with Crippen LogP contribution in [0.4, 0.5) is 4.39 Å². The number of carboxylic acid groups (broad SMARTS) is 1. The zero-order valence-electron chi connectivity index (χ0n) is 82.1. The van der Waals surface area contributed by atoms with Crippen LogP contribution in [0.15, 0.2) is 95.6 Å². The van der Waals surface area contributed by atoms with E-state index in [2.05, 4.69) is 97.4 Å². The number of nitro groups is 5. The number of nitrogens with zero attached hydrogens (tertiary/aromatic N) is 5. The van der Waals surface area contributed by atoms with Crippen LogP contribution >= 0.6 is 126 Å². The van der Waals surface area contributed by atoms with Gasteiger partial charge in [0.15, 0.2) is 19.1 Å². The molecular formula is C94H130BClFLi2N8O19S10. The number of likely N-dealkylation sites (N-methyl/N-ethyl adjacent to an activating group) is 2. The van der Waals surface area contributed by atoms with Crippen molar-refractivity contribution in [2.24, 2.45) is 5.73 Å². The van der Waals surface area contributed by atoms with Crippen LogP contribution in [0.3, 0.4) is 0 Å². The number of unbranched alkanes of at least 4 members (excludes halogenated alkanes) is 1. The van der Waals surface area contributed by atoms with E-state index in [-0.39, 0.29) is 153 Å². The van der Waals surface area contributed by atoms with E-state index < -0.39 is 28.9 Å². The summed E-state index contributed by atoms with van der Waals surface area (Å²) in [5.74, 6) is -0.262. The molecule has 0 saturated carbocycles. The molecule has 0 amide bonds. The van der Waals surface area contributed by atoms with Crippen molar-refractivity contribution in [2.75, 3.05) is 87.3 Å². The third-order valence-corrected chi connectivity index (χ3v) is 32.2. The van der Waals surface area contributed by atoms with E-state index >= 15 is 0 Å². The smallest absolute Gasteiger partial charge is 0.870 e. The first kappa shape index (κ1) is 131. The van der Waals surface area contributed by atoms with E-state index in [1.54, 1.807) is 85.3 Å². The Balaban J connectivity index is -0.00000144. The predicted molar refractivity (Wildman–Crippen MR) is 556 cm³/mol. The van der Waals surface area contributed by atoms with Crippen LogP contribution in [0.5, 0.6) is 0 Å². The second-order valence-electron chi connectivity index (χ2n) is 31.3. The monoisotopic (exact) mass is 2070 g/mol. The molecule has 42 heteroatoms. The number of thiophene rings is 10. The first-order valence-electron chi connectivity index (χ1n) is 43.4. The summed E-state index contributed by atoms with van der Waals surface area (Å²) in [4.78, 5) is 114. The number of carbonyl (C=O) groups is 5. The molecular weight excluding hydrogens is 1940 g/mol. The average molecular weight is 2080 g/mol. The number of alkyl halides is 1. The number of hydrogen-bond acceptors (Lipinski definition) is 31. The Morgan fingerprint density at radius 3 is 1.25 bits per heavy atom. The van der Waals surface area contributed by atoms with Crippen LogP contribution in [0, 0.1) is 127 Å². The maximum atomic E-state index is 11.5. The number of ether oxygens (including phenoxy) is 2. The number of ketones is 1. The van der Waals surface area contributed by atoms with Crippen molar-refractivity contribution in [3.63, 3.8) is 0 Å². The second kappa shape index (κ2) is 73.0. The van der Waals surface area contributed by atoms with Gasteiger partial charge in [0.05, 0.1) is 63.1 Å². The zero-order chi connectivity index (χ0) is 98.7. The SMILES string of the molecule is CCOC(=O)/C=C/c1cc(C)cs1.CCOC(=O)CC(C[N+](=O)[O-])c1cc(C)cs1.CNCC1CCc2c(C)csc21.CNCC1CCc2c(C)csc21.C[N+](=O)[O-].Cc1ccsc1.Cc1csc(C(CC(=O)O)C[N+](=O)[O-])c1.Cc1csc(C=O)c1.Cc1csc2c1C(=O)CC2C[N+](=O)[O-].Cc1csc2c1CCC2CN.Cc1csc2c1CCC2C[N+](=O)[O-].Cl.[2H]CF.[B].[CH2-]CCC.[Li+].[Li+].[OH-]. The van der Waals surface area contributed by atoms with E-state index in [1.807, 2.05) is 134 Å². The van der Waals surface area contributed by atoms with E-state index in [0.717, 1.165) is 116 Å². The summed E-state index contributed by atoms with van der Waals surface area (Å²) in [6.07, 6.45) is 16.4. The first-order chi connectivity index (χ1) is 62.8. The number of esters is 2. The molecule has 10 aromatic heterocycles. The predicted octanol–water partition coefficient (Wildman–Crippen LogP) is 17.8. The van der Waals surface area contributed by atoms with Gasteiger partial charge in [0.1, 0.15) is 0 Å². The molecule has 5 aliphatic carbocycles. The number of carbonyl (C=O) groups excluding carboxylic acids is 4. The van der Waals surface area contributed by atoms with Gasteiger partial charge in [-0.15, -0.1) is 114 Å². The van der Waals surface area contributed by atoms with E-state index in [4.69, 9.17) is 31.8 Å². The van der Waals surface area contributed by atoms with E-state index in [9.17, 15) is 68.8 Å². The van der Waals surface area contributed by atoms with Gasteiger partial charge in [-0.1, -0.05) is 13.3 Å². The summed E-state index contributed by atoms with van der Waals surface area (Å²) >= 11 is 16.6. The molecule has 6 N–H and O–H groups in total. The molecule has 136 heavy (non-hydrogen) atoms. The molecule has 0 aliphatic heterocycles. The van der Waals surface area contributed by atoms with Crippen molar-refractivity contribution >= 4 is 170 Å². The number of carboxylic acids is 1.